The van der Waals surface area contributed by atoms with Crippen LogP contribution in [0, 0.1) is 0 Å². The third-order valence-electron chi connectivity index (χ3n) is 4.94. The first kappa shape index (κ1) is 19.6. The van der Waals surface area contributed by atoms with E-state index in [1.165, 1.54) is 33.4 Å². The van der Waals surface area contributed by atoms with Crippen LogP contribution in [0.2, 0.25) is 0 Å². The van der Waals surface area contributed by atoms with Gasteiger partial charge in [0.1, 0.15) is 0 Å². The Morgan fingerprint density at radius 2 is 0.643 bits per heavy atom. The van der Waals surface area contributed by atoms with Crippen molar-refractivity contribution >= 4 is 0 Å². The van der Waals surface area contributed by atoms with E-state index in [4.69, 9.17) is 0 Å². The Labute approximate surface area is 169 Å². The SMILES string of the molecule is CCc1ccc(-c2ccccc2)cc1.CCc1ccc(-c2ccccc2)cc1. The molecule has 0 atom stereocenters. The molecule has 0 nitrogen and oxygen atoms in total. The number of hydrogen-bond donors (Lipinski definition) is 0. The van der Waals surface area contributed by atoms with E-state index in [-0.39, 0.29) is 0 Å². The van der Waals surface area contributed by atoms with Crippen LogP contribution in [-0.2, 0) is 12.8 Å². The molecule has 0 N–H and O–H groups in total. The van der Waals surface area contributed by atoms with Gasteiger partial charge in [0.05, 0.1) is 0 Å². The van der Waals surface area contributed by atoms with Crippen molar-refractivity contribution in [3.8, 4) is 22.3 Å². The number of rotatable bonds is 4. The fourth-order valence-corrected chi connectivity index (χ4v) is 3.13. The normalized spacial score (nSPS) is 10.1. The first-order valence-corrected chi connectivity index (χ1v) is 10.1. The van der Waals surface area contributed by atoms with Crippen molar-refractivity contribution in [3.05, 3.63) is 120 Å². The van der Waals surface area contributed by atoms with Crippen LogP contribution in [0.15, 0.2) is 109 Å². The molecule has 0 spiro atoms. The van der Waals surface area contributed by atoms with Crippen LogP contribution in [0.5, 0.6) is 0 Å². The molecule has 0 saturated heterocycles. The third kappa shape index (κ3) is 5.44. The van der Waals surface area contributed by atoms with Gasteiger partial charge in [0, 0.05) is 0 Å². The van der Waals surface area contributed by atoms with E-state index in [9.17, 15) is 0 Å². The lowest BCUT2D eigenvalue weighted by Crippen LogP contribution is -1.80. The zero-order valence-corrected chi connectivity index (χ0v) is 16.8. The molecule has 140 valence electrons. The van der Waals surface area contributed by atoms with Gasteiger partial charge in [-0.15, -0.1) is 0 Å². The first-order chi connectivity index (χ1) is 13.8. The summed E-state index contributed by atoms with van der Waals surface area (Å²) in [7, 11) is 0. The van der Waals surface area contributed by atoms with Crippen LogP contribution < -0.4 is 0 Å². The fraction of sp³-hybridized carbons (Fsp3) is 0.143. The molecule has 0 heteroatoms. The summed E-state index contributed by atoms with van der Waals surface area (Å²) in [6.07, 6.45) is 2.21. The monoisotopic (exact) mass is 364 g/mol. The zero-order chi connectivity index (χ0) is 19.6. The van der Waals surface area contributed by atoms with Gasteiger partial charge in [0.2, 0.25) is 0 Å². The Bertz CT molecular complexity index is 851. The van der Waals surface area contributed by atoms with E-state index in [1.807, 2.05) is 12.1 Å². The Balaban J connectivity index is 0.000000161. The molecule has 0 fully saturated rings. The second kappa shape index (κ2) is 10.3. The molecule has 0 aliphatic rings. The number of benzene rings is 4. The minimum atomic E-state index is 1.11. The van der Waals surface area contributed by atoms with E-state index in [2.05, 4.69) is 111 Å². The molecule has 0 heterocycles. The maximum Gasteiger partial charge on any atom is -0.0184 e. The summed E-state index contributed by atoms with van der Waals surface area (Å²) in [5, 5.41) is 0. The summed E-state index contributed by atoms with van der Waals surface area (Å²) in [5.41, 5.74) is 7.95. The van der Waals surface area contributed by atoms with Crippen molar-refractivity contribution in [1.82, 2.24) is 0 Å². The van der Waals surface area contributed by atoms with Gasteiger partial charge in [0.15, 0.2) is 0 Å². The van der Waals surface area contributed by atoms with Crippen LogP contribution in [0.3, 0.4) is 0 Å². The summed E-state index contributed by atoms with van der Waals surface area (Å²) in [5.74, 6) is 0. The standard InChI is InChI=1S/2C14H14/c2*1-2-12-8-10-14(11-9-12)13-6-4-3-5-7-13/h2*3-11H,2H2,1H3. The lowest BCUT2D eigenvalue weighted by molar-refractivity contribution is 1.14. The molecule has 4 rings (SSSR count). The second-order valence-corrected chi connectivity index (χ2v) is 6.83. The fourth-order valence-electron chi connectivity index (χ4n) is 3.13. The zero-order valence-electron chi connectivity index (χ0n) is 16.8. The topological polar surface area (TPSA) is 0 Å². The second-order valence-electron chi connectivity index (χ2n) is 6.83. The Kier molecular flexibility index (Phi) is 7.21. The van der Waals surface area contributed by atoms with Crippen molar-refractivity contribution < 1.29 is 0 Å². The van der Waals surface area contributed by atoms with Crippen molar-refractivity contribution in [1.29, 1.82) is 0 Å². The number of aryl methyl sites for hydroxylation is 2. The summed E-state index contributed by atoms with van der Waals surface area (Å²) < 4.78 is 0. The van der Waals surface area contributed by atoms with Crippen LogP contribution in [0.25, 0.3) is 22.3 Å². The minimum absolute atomic E-state index is 1.11. The van der Waals surface area contributed by atoms with E-state index in [0.717, 1.165) is 12.8 Å². The van der Waals surface area contributed by atoms with Crippen molar-refractivity contribution in [3.63, 3.8) is 0 Å². The predicted molar refractivity (Wildman–Crippen MR) is 123 cm³/mol. The van der Waals surface area contributed by atoms with Gasteiger partial charge < -0.3 is 0 Å². The quantitative estimate of drug-likeness (QED) is 0.346. The van der Waals surface area contributed by atoms with Crippen molar-refractivity contribution in [2.75, 3.05) is 0 Å². The Hall–Kier alpha value is -3.12. The van der Waals surface area contributed by atoms with Gasteiger partial charge in [-0.25, -0.2) is 0 Å². The van der Waals surface area contributed by atoms with Crippen LogP contribution in [-0.4, -0.2) is 0 Å². The van der Waals surface area contributed by atoms with Gasteiger partial charge in [-0.1, -0.05) is 123 Å². The highest BCUT2D eigenvalue weighted by Crippen LogP contribution is 2.20. The van der Waals surface area contributed by atoms with E-state index in [1.54, 1.807) is 0 Å². The molecule has 0 aliphatic heterocycles. The average Bonchev–Trinajstić information content (AvgIpc) is 2.81. The molecule has 4 aromatic rings. The molecule has 0 saturated carbocycles. The Morgan fingerprint density at radius 3 is 0.929 bits per heavy atom. The van der Waals surface area contributed by atoms with Gasteiger partial charge in [-0.3, -0.25) is 0 Å². The molecule has 0 amide bonds. The van der Waals surface area contributed by atoms with Crippen LogP contribution in [0.1, 0.15) is 25.0 Å². The first-order valence-electron chi connectivity index (χ1n) is 10.1. The van der Waals surface area contributed by atoms with Crippen molar-refractivity contribution in [2.45, 2.75) is 26.7 Å². The van der Waals surface area contributed by atoms with Gasteiger partial charge >= 0.3 is 0 Å². The minimum Gasteiger partial charge on any atom is -0.0622 e. The maximum atomic E-state index is 2.20. The smallest absolute Gasteiger partial charge is 0.0184 e. The molecule has 0 aromatic heterocycles. The van der Waals surface area contributed by atoms with E-state index >= 15 is 0 Å². The molecule has 0 bridgehead atoms. The van der Waals surface area contributed by atoms with E-state index in [0.29, 0.717) is 0 Å². The van der Waals surface area contributed by atoms with Crippen LogP contribution >= 0.6 is 0 Å². The maximum absolute atomic E-state index is 2.20. The van der Waals surface area contributed by atoms with Crippen molar-refractivity contribution in [2.24, 2.45) is 0 Å². The highest BCUT2D eigenvalue weighted by Gasteiger charge is 1.96. The van der Waals surface area contributed by atoms with E-state index < -0.39 is 0 Å². The number of hydrogen-bond acceptors (Lipinski definition) is 0. The summed E-state index contributed by atoms with van der Waals surface area (Å²) in [6.45, 7) is 4.36. The van der Waals surface area contributed by atoms with Gasteiger partial charge in [0.25, 0.3) is 0 Å². The molecule has 28 heavy (non-hydrogen) atoms. The lowest BCUT2D eigenvalue weighted by atomic mass is 10.0. The predicted octanol–water partition coefficient (Wildman–Crippen LogP) is 7.83. The lowest BCUT2D eigenvalue weighted by Gasteiger charge is -2.02. The molecule has 4 aromatic carbocycles. The summed E-state index contributed by atoms with van der Waals surface area (Å²) >= 11 is 0. The molecular weight excluding hydrogens is 336 g/mol. The largest absolute Gasteiger partial charge is 0.0622 e. The van der Waals surface area contributed by atoms with Gasteiger partial charge in [-0.05, 0) is 46.2 Å². The molecule has 0 radical (unpaired) electrons. The molecular formula is C28H28. The third-order valence-corrected chi connectivity index (χ3v) is 4.94. The summed E-state index contributed by atoms with van der Waals surface area (Å²) in [4.78, 5) is 0. The molecule has 0 aliphatic carbocycles. The average molecular weight is 365 g/mol. The summed E-state index contributed by atoms with van der Waals surface area (Å²) in [6, 6.07) is 38.5. The Morgan fingerprint density at radius 1 is 0.357 bits per heavy atom. The highest BCUT2D eigenvalue weighted by atomic mass is 14.0. The molecule has 0 unspecified atom stereocenters. The van der Waals surface area contributed by atoms with Gasteiger partial charge in [-0.2, -0.15) is 0 Å². The highest BCUT2D eigenvalue weighted by molar-refractivity contribution is 5.64. The van der Waals surface area contributed by atoms with Crippen LogP contribution in [0.4, 0.5) is 0 Å².